The first-order valence-corrected chi connectivity index (χ1v) is 5.86. The van der Waals surface area contributed by atoms with Gasteiger partial charge in [0.1, 0.15) is 0 Å². The highest BCUT2D eigenvalue weighted by Gasteiger charge is 2.11. The zero-order valence-corrected chi connectivity index (χ0v) is 9.78. The van der Waals surface area contributed by atoms with Crippen LogP contribution in [0.4, 0.5) is 5.69 Å². The van der Waals surface area contributed by atoms with Gasteiger partial charge in [-0.25, -0.2) is 0 Å². The summed E-state index contributed by atoms with van der Waals surface area (Å²) in [5.74, 6) is 0. The van der Waals surface area contributed by atoms with Gasteiger partial charge in [0.15, 0.2) is 0 Å². The van der Waals surface area contributed by atoms with Gasteiger partial charge in [0, 0.05) is 25.4 Å². The summed E-state index contributed by atoms with van der Waals surface area (Å²) in [4.78, 5) is 14.1. The van der Waals surface area contributed by atoms with E-state index in [9.17, 15) is 4.79 Å². The summed E-state index contributed by atoms with van der Waals surface area (Å²) in [5.41, 5.74) is 7.41. The van der Waals surface area contributed by atoms with Crippen LogP contribution in [0.3, 0.4) is 0 Å². The maximum atomic E-state index is 11.7. The smallest absolute Gasteiger partial charge is 0.250 e. The Kier molecular flexibility index (Phi) is 3.29. The Morgan fingerprint density at radius 2 is 2.00 bits per heavy atom. The van der Waals surface area contributed by atoms with Crippen molar-refractivity contribution in [3.63, 3.8) is 0 Å². The first kappa shape index (κ1) is 11.2. The van der Waals surface area contributed by atoms with Crippen molar-refractivity contribution in [2.75, 3.05) is 25.4 Å². The van der Waals surface area contributed by atoms with Gasteiger partial charge in [0.25, 0.3) is 5.56 Å². The van der Waals surface area contributed by atoms with Crippen LogP contribution in [-0.2, 0) is 6.54 Å². The average Bonchev–Trinajstić information content (AvgIpc) is 2.74. The van der Waals surface area contributed by atoms with Crippen LogP contribution in [0.25, 0.3) is 0 Å². The summed E-state index contributed by atoms with van der Waals surface area (Å²) in [7, 11) is 0. The fourth-order valence-electron chi connectivity index (χ4n) is 2.11. The molecule has 2 heterocycles. The molecule has 1 fully saturated rings. The third kappa shape index (κ3) is 2.44. The Morgan fingerprint density at radius 3 is 2.69 bits per heavy atom. The third-order valence-corrected chi connectivity index (χ3v) is 3.23. The van der Waals surface area contributed by atoms with Crippen LogP contribution in [0, 0.1) is 6.92 Å². The van der Waals surface area contributed by atoms with Crippen molar-refractivity contribution < 1.29 is 0 Å². The molecule has 1 aliphatic rings. The van der Waals surface area contributed by atoms with Gasteiger partial charge in [-0.05, 0) is 38.4 Å². The topological polar surface area (TPSA) is 51.3 Å². The standard InChI is InChI=1S/C12H19N3O/c1-10-8-12(16)15(9-11(10)13)7-6-14-4-2-3-5-14/h8-9H,2-7,13H2,1H3. The monoisotopic (exact) mass is 221 g/mol. The van der Waals surface area contributed by atoms with Crippen LogP contribution in [0.15, 0.2) is 17.1 Å². The van der Waals surface area contributed by atoms with Crippen LogP contribution in [0.1, 0.15) is 18.4 Å². The van der Waals surface area contributed by atoms with E-state index >= 15 is 0 Å². The van der Waals surface area contributed by atoms with Gasteiger partial charge in [-0.15, -0.1) is 0 Å². The molecule has 1 aromatic heterocycles. The Labute approximate surface area is 95.7 Å². The van der Waals surface area contributed by atoms with Crippen molar-refractivity contribution in [2.24, 2.45) is 0 Å². The van der Waals surface area contributed by atoms with Gasteiger partial charge < -0.3 is 15.2 Å². The maximum Gasteiger partial charge on any atom is 0.250 e. The van der Waals surface area contributed by atoms with Crippen molar-refractivity contribution in [1.29, 1.82) is 0 Å². The first-order valence-electron chi connectivity index (χ1n) is 5.86. The largest absolute Gasteiger partial charge is 0.397 e. The van der Waals surface area contributed by atoms with Gasteiger partial charge in [0.05, 0.1) is 5.69 Å². The maximum absolute atomic E-state index is 11.7. The molecule has 2 N–H and O–H groups in total. The highest BCUT2D eigenvalue weighted by Crippen LogP contribution is 2.08. The number of hydrogen-bond donors (Lipinski definition) is 1. The fourth-order valence-corrected chi connectivity index (χ4v) is 2.11. The Hall–Kier alpha value is -1.29. The quantitative estimate of drug-likeness (QED) is 0.822. The van der Waals surface area contributed by atoms with Gasteiger partial charge in [-0.2, -0.15) is 0 Å². The zero-order chi connectivity index (χ0) is 11.5. The van der Waals surface area contributed by atoms with Gasteiger partial charge in [0.2, 0.25) is 0 Å². The molecule has 16 heavy (non-hydrogen) atoms. The number of nitrogen functional groups attached to an aromatic ring is 1. The lowest BCUT2D eigenvalue weighted by Crippen LogP contribution is -2.29. The number of pyridine rings is 1. The molecule has 0 saturated carbocycles. The van der Waals surface area contributed by atoms with Crippen LogP contribution < -0.4 is 11.3 Å². The number of hydrogen-bond acceptors (Lipinski definition) is 3. The molecular formula is C12H19N3O. The highest BCUT2D eigenvalue weighted by molar-refractivity contribution is 5.42. The second kappa shape index (κ2) is 4.70. The molecule has 4 nitrogen and oxygen atoms in total. The molecule has 0 aliphatic carbocycles. The van der Waals surface area contributed by atoms with Gasteiger partial charge >= 0.3 is 0 Å². The van der Waals surface area contributed by atoms with Crippen LogP contribution in [0.5, 0.6) is 0 Å². The molecule has 1 aromatic rings. The summed E-state index contributed by atoms with van der Waals surface area (Å²) in [6.07, 6.45) is 4.32. The number of aromatic nitrogens is 1. The molecule has 0 atom stereocenters. The lowest BCUT2D eigenvalue weighted by Gasteiger charge is -2.15. The highest BCUT2D eigenvalue weighted by atomic mass is 16.1. The average molecular weight is 221 g/mol. The number of anilines is 1. The van der Waals surface area contributed by atoms with E-state index in [0.717, 1.165) is 31.7 Å². The summed E-state index contributed by atoms with van der Waals surface area (Å²) in [6, 6.07) is 1.61. The minimum atomic E-state index is 0.0471. The molecule has 0 unspecified atom stereocenters. The number of nitrogens with zero attached hydrogens (tertiary/aromatic N) is 2. The first-order chi connectivity index (χ1) is 7.66. The number of rotatable bonds is 3. The van der Waals surface area contributed by atoms with Crippen molar-refractivity contribution in [3.8, 4) is 0 Å². The third-order valence-electron chi connectivity index (χ3n) is 3.23. The molecule has 0 spiro atoms. The molecule has 1 aliphatic heterocycles. The van der Waals surface area contributed by atoms with Crippen molar-refractivity contribution >= 4 is 5.69 Å². The predicted octanol–water partition coefficient (Wildman–Crippen LogP) is 0.835. The fraction of sp³-hybridized carbons (Fsp3) is 0.583. The second-order valence-corrected chi connectivity index (χ2v) is 4.49. The molecule has 1 saturated heterocycles. The van der Waals surface area contributed by atoms with E-state index in [-0.39, 0.29) is 5.56 Å². The predicted molar refractivity (Wildman–Crippen MR) is 65.5 cm³/mol. The van der Waals surface area contributed by atoms with Crippen LogP contribution in [0.2, 0.25) is 0 Å². The second-order valence-electron chi connectivity index (χ2n) is 4.49. The van der Waals surface area contributed by atoms with E-state index in [1.54, 1.807) is 16.8 Å². The van der Waals surface area contributed by atoms with E-state index in [2.05, 4.69) is 4.90 Å². The van der Waals surface area contributed by atoms with Crippen molar-refractivity contribution in [1.82, 2.24) is 9.47 Å². The summed E-state index contributed by atoms with van der Waals surface area (Å²) in [5, 5.41) is 0. The SMILES string of the molecule is Cc1cc(=O)n(CCN2CCCC2)cc1N. The lowest BCUT2D eigenvalue weighted by atomic mass is 10.2. The van der Waals surface area contributed by atoms with E-state index < -0.39 is 0 Å². The zero-order valence-electron chi connectivity index (χ0n) is 9.78. The van der Waals surface area contributed by atoms with Gasteiger partial charge in [-0.3, -0.25) is 4.79 Å². The lowest BCUT2D eigenvalue weighted by molar-refractivity contribution is 0.320. The summed E-state index contributed by atoms with van der Waals surface area (Å²) in [6.45, 7) is 5.87. The molecule has 0 aromatic carbocycles. The van der Waals surface area contributed by atoms with Crippen LogP contribution >= 0.6 is 0 Å². The van der Waals surface area contributed by atoms with E-state index in [0.29, 0.717) is 5.69 Å². The molecular weight excluding hydrogens is 202 g/mol. The van der Waals surface area contributed by atoms with Gasteiger partial charge in [-0.1, -0.05) is 0 Å². The van der Waals surface area contributed by atoms with Crippen LogP contribution in [-0.4, -0.2) is 29.1 Å². The Bertz CT molecular complexity index is 419. The summed E-state index contributed by atoms with van der Waals surface area (Å²) >= 11 is 0. The molecule has 88 valence electrons. The molecule has 0 amide bonds. The molecule has 2 rings (SSSR count). The number of likely N-dealkylation sites (tertiary alicyclic amines) is 1. The number of nitrogens with two attached hydrogens (primary N) is 1. The normalized spacial score (nSPS) is 16.8. The minimum Gasteiger partial charge on any atom is -0.397 e. The van der Waals surface area contributed by atoms with Crippen molar-refractivity contribution in [3.05, 3.63) is 28.2 Å². The minimum absolute atomic E-state index is 0.0471. The van der Waals surface area contributed by atoms with E-state index in [1.807, 2.05) is 6.92 Å². The Balaban J connectivity index is 2.03. The molecule has 0 radical (unpaired) electrons. The Morgan fingerprint density at radius 1 is 1.31 bits per heavy atom. The molecule has 4 heteroatoms. The van der Waals surface area contributed by atoms with Crippen molar-refractivity contribution in [2.45, 2.75) is 26.3 Å². The van der Waals surface area contributed by atoms with E-state index in [4.69, 9.17) is 5.73 Å². The summed E-state index contributed by atoms with van der Waals surface area (Å²) < 4.78 is 1.71. The molecule has 0 bridgehead atoms. The number of aryl methyl sites for hydroxylation is 1. The van der Waals surface area contributed by atoms with E-state index in [1.165, 1.54) is 12.8 Å².